The summed E-state index contributed by atoms with van der Waals surface area (Å²) in [5.74, 6) is 0.704. The van der Waals surface area contributed by atoms with Crippen LogP contribution >= 0.6 is 0 Å². The molecule has 0 heterocycles. The zero-order valence-corrected chi connectivity index (χ0v) is 14.5. The summed E-state index contributed by atoms with van der Waals surface area (Å²) in [4.78, 5) is 0. The Kier molecular flexibility index (Phi) is 5.49. The van der Waals surface area contributed by atoms with Crippen LogP contribution in [0.5, 0.6) is 0 Å². The minimum absolute atomic E-state index is 0.704. The number of hydrogen-bond donors (Lipinski definition) is 0. The molecule has 1 aliphatic rings. The maximum atomic E-state index is 8.91. The highest BCUT2D eigenvalue weighted by molar-refractivity contribution is 5.70. The Hall–Kier alpha value is -2.33. The van der Waals surface area contributed by atoms with Crippen LogP contribution < -0.4 is 0 Å². The lowest BCUT2D eigenvalue weighted by Crippen LogP contribution is -2.07. The fraction of sp³-hybridized carbons (Fsp3) is 0.348. The Morgan fingerprint density at radius 1 is 1.00 bits per heavy atom. The molecule has 0 aliphatic heterocycles. The first-order chi connectivity index (χ1) is 11.8. The SMILES string of the molecule is CCCCCC[C@@H]1C=Cc2cc(-c3ccc(C#N)cc3)ccc2C1. The molecule has 0 aromatic heterocycles. The summed E-state index contributed by atoms with van der Waals surface area (Å²) in [7, 11) is 0. The van der Waals surface area contributed by atoms with E-state index in [4.69, 9.17) is 5.26 Å². The van der Waals surface area contributed by atoms with Crippen molar-refractivity contribution < 1.29 is 0 Å². The summed E-state index contributed by atoms with van der Waals surface area (Å²) in [6.07, 6.45) is 12.6. The van der Waals surface area contributed by atoms with Crippen molar-refractivity contribution >= 4 is 6.08 Å². The summed E-state index contributed by atoms with van der Waals surface area (Å²) in [6, 6.07) is 16.8. The first-order valence-corrected chi connectivity index (χ1v) is 9.12. The highest BCUT2D eigenvalue weighted by atomic mass is 14.2. The van der Waals surface area contributed by atoms with Gasteiger partial charge in [0.05, 0.1) is 11.6 Å². The Morgan fingerprint density at radius 3 is 2.54 bits per heavy atom. The number of fused-ring (bicyclic) bond motifs is 1. The van der Waals surface area contributed by atoms with Crippen LogP contribution in [0.4, 0.5) is 0 Å². The van der Waals surface area contributed by atoms with Gasteiger partial charge in [0.25, 0.3) is 0 Å². The summed E-state index contributed by atoms with van der Waals surface area (Å²) < 4.78 is 0. The lowest BCUT2D eigenvalue weighted by Gasteiger charge is -2.20. The number of hydrogen-bond acceptors (Lipinski definition) is 1. The number of benzene rings is 2. The third-order valence-electron chi connectivity index (χ3n) is 4.95. The average Bonchev–Trinajstić information content (AvgIpc) is 2.65. The molecule has 0 saturated carbocycles. The predicted octanol–water partition coefficient (Wildman–Crippen LogP) is 6.38. The van der Waals surface area contributed by atoms with Crippen LogP contribution in [0.1, 0.15) is 55.7 Å². The topological polar surface area (TPSA) is 23.8 Å². The number of allylic oxidation sites excluding steroid dienone is 1. The molecule has 3 rings (SSSR count). The van der Waals surface area contributed by atoms with E-state index in [1.807, 2.05) is 24.3 Å². The van der Waals surface area contributed by atoms with Crippen molar-refractivity contribution in [2.75, 3.05) is 0 Å². The second-order valence-corrected chi connectivity index (χ2v) is 6.78. The van der Waals surface area contributed by atoms with Crippen LogP contribution in [0, 0.1) is 17.2 Å². The zero-order valence-electron chi connectivity index (χ0n) is 14.5. The van der Waals surface area contributed by atoms with Crippen LogP contribution in [0.15, 0.2) is 48.5 Å². The molecule has 0 fully saturated rings. The maximum Gasteiger partial charge on any atom is 0.0991 e. The number of rotatable bonds is 6. The predicted molar refractivity (Wildman–Crippen MR) is 102 cm³/mol. The van der Waals surface area contributed by atoms with Crippen molar-refractivity contribution in [3.05, 3.63) is 65.2 Å². The molecule has 0 saturated heterocycles. The van der Waals surface area contributed by atoms with Crippen molar-refractivity contribution in [2.45, 2.75) is 45.4 Å². The van der Waals surface area contributed by atoms with Gasteiger partial charge in [-0.15, -0.1) is 0 Å². The van der Waals surface area contributed by atoms with Crippen LogP contribution in [0.25, 0.3) is 17.2 Å². The largest absolute Gasteiger partial charge is 0.192 e. The van der Waals surface area contributed by atoms with Gasteiger partial charge in [-0.05, 0) is 59.2 Å². The van der Waals surface area contributed by atoms with Crippen LogP contribution in [-0.4, -0.2) is 0 Å². The van der Waals surface area contributed by atoms with Gasteiger partial charge < -0.3 is 0 Å². The minimum Gasteiger partial charge on any atom is -0.192 e. The number of nitrogens with zero attached hydrogens (tertiary/aromatic N) is 1. The zero-order chi connectivity index (χ0) is 16.8. The molecule has 2 aromatic rings. The molecule has 0 spiro atoms. The van der Waals surface area contributed by atoms with Gasteiger partial charge in [-0.2, -0.15) is 5.26 Å². The first kappa shape index (κ1) is 16.5. The molecule has 122 valence electrons. The van der Waals surface area contributed by atoms with E-state index < -0.39 is 0 Å². The fourth-order valence-electron chi connectivity index (χ4n) is 3.47. The van der Waals surface area contributed by atoms with Crippen molar-refractivity contribution in [1.29, 1.82) is 5.26 Å². The van der Waals surface area contributed by atoms with Gasteiger partial charge in [0, 0.05) is 0 Å². The highest BCUT2D eigenvalue weighted by Gasteiger charge is 2.14. The standard InChI is InChI=1S/C23H25N/c1-2-3-4-5-6-18-7-12-23-16-22(14-13-21(23)15-18)20-10-8-19(17-24)9-11-20/h7-14,16,18H,2-6,15H2,1H3/t18-/m1/s1. The Balaban J connectivity index is 1.69. The van der Waals surface area contributed by atoms with Gasteiger partial charge in [-0.25, -0.2) is 0 Å². The molecular formula is C23H25N. The summed E-state index contributed by atoms with van der Waals surface area (Å²) in [5.41, 5.74) is 5.93. The molecule has 0 bridgehead atoms. The van der Waals surface area contributed by atoms with E-state index in [2.05, 4.69) is 43.3 Å². The molecular weight excluding hydrogens is 290 g/mol. The van der Waals surface area contributed by atoms with E-state index in [9.17, 15) is 0 Å². The number of nitriles is 1. The quantitative estimate of drug-likeness (QED) is 0.567. The highest BCUT2D eigenvalue weighted by Crippen LogP contribution is 2.30. The lowest BCUT2D eigenvalue weighted by molar-refractivity contribution is 0.526. The van der Waals surface area contributed by atoms with Crippen LogP contribution in [0.2, 0.25) is 0 Å². The molecule has 0 unspecified atom stereocenters. The molecule has 1 heteroatoms. The molecule has 1 atom stereocenters. The lowest BCUT2D eigenvalue weighted by atomic mass is 9.85. The van der Waals surface area contributed by atoms with Crippen LogP contribution in [0.3, 0.4) is 0 Å². The Labute approximate surface area is 145 Å². The van der Waals surface area contributed by atoms with Gasteiger partial charge in [-0.1, -0.05) is 69.0 Å². The maximum absolute atomic E-state index is 8.91. The molecule has 0 N–H and O–H groups in total. The van der Waals surface area contributed by atoms with E-state index in [0.29, 0.717) is 11.5 Å². The molecule has 24 heavy (non-hydrogen) atoms. The molecule has 1 aliphatic carbocycles. The van der Waals surface area contributed by atoms with Crippen molar-refractivity contribution in [1.82, 2.24) is 0 Å². The van der Waals surface area contributed by atoms with Crippen molar-refractivity contribution in [3.8, 4) is 17.2 Å². The monoisotopic (exact) mass is 315 g/mol. The molecule has 0 radical (unpaired) electrons. The van der Waals surface area contributed by atoms with Crippen LogP contribution in [-0.2, 0) is 6.42 Å². The van der Waals surface area contributed by atoms with E-state index >= 15 is 0 Å². The Morgan fingerprint density at radius 2 is 1.79 bits per heavy atom. The van der Waals surface area contributed by atoms with Gasteiger partial charge >= 0.3 is 0 Å². The first-order valence-electron chi connectivity index (χ1n) is 9.12. The molecule has 0 amide bonds. The van der Waals surface area contributed by atoms with Gasteiger partial charge in [0.2, 0.25) is 0 Å². The normalized spacial score (nSPS) is 15.8. The van der Waals surface area contributed by atoms with Gasteiger partial charge in [0.15, 0.2) is 0 Å². The van der Waals surface area contributed by atoms with Gasteiger partial charge in [-0.3, -0.25) is 0 Å². The molecule has 2 aromatic carbocycles. The third-order valence-corrected chi connectivity index (χ3v) is 4.95. The minimum atomic E-state index is 0.704. The third kappa shape index (κ3) is 3.95. The average molecular weight is 315 g/mol. The summed E-state index contributed by atoms with van der Waals surface area (Å²) in [5, 5.41) is 8.91. The second kappa shape index (κ2) is 7.97. The number of unbranched alkanes of at least 4 members (excludes halogenated alkanes) is 3. The van der Waals surface area contributed by atoms with E-state index in [1.54, 1.807) is 0 Å². The van der Waals surface area contributed by atoms with E-state index in [0.717, 1.165) is 0 Å². The van der Waals surface area contributed by atoms with E-state index in [-0.39, 0.29) is 0 Å². The van der Waals surface area contributed by atoms with Crippen molar-refractivity contribution in [3.63, 3.8) is 0 Å². The molecule has 1 nitrogen and oxygen atoms in total. The fourth-order valence-corrected chi connectivity index (χ4v) is 3.47. The van der Waals surface area contributed by atoms with Crippen molar-refractivity contribution in [2.24, 2.45) is 5.92 Å². The second-order valence-electron chi connectivity index (χ2n) is 6.78. The summed E-state index contributed by atoms with van der Waals surface area (Å²) in [6.45, 7) is 2.27. The summed E-state index contributed by atoms with van der Waals surface area (Å²) >= 11 is 0. The Bertz CT molecular complexity index is 747. The van der Waals surface area contributed by atoms with E-state index in [1.165, 1.54) is 60.8 Å². The smallest absolute Gasteiger partial charge is 0.0991 e. The van der Waals surface area contributed by atoms with Gasteiger partial charge in [0.1, 0.15) is 0 Å².